The number of amides is 1. The molecule has 0 spiro atoms. The largest absolute Gasteiger partial charge is 0.469 e. The normalized spacial score (nSPS) is 19.8. The molecule has 2 aromatic rings. The van der Waals surface area contributed by atoms with Gasteiger partial charge in [0.2, 0.25) is 0 Å². The number of aromatic nitrogens is 1. The van der Waals surface area contributed by atoms with Crippen molar-refractivity contribution in [3.05, 3.63) is 41.6 Å². The van der Waals surface area contributed by atoms with Gasteiger partial charge in [-0.15, -0.1) is 0 Å². The van der Waals surface area contributed by atoms with E-state index in [1.54, 1.807) is 0 Å². The quantitative estimate of drug-likeness (QED) is 0.798. The number of hydrogen-bond donors (Lipinski definition) is 2. The van der Waals surface area contributed by atoms with Crippen molar-refractivity contribution in [3.8, 4) is 11.3 Å². The first kappa shape index (κ1) is 18.0. The summed E-state index contributed by atoms with van der Waals surface area (Å²) in [7, 11) is 1.29. The van der Waals surface area contributed by atoms with Gasteiger partial charge < -0.3 is 19.9 Å². The minimum Gasteiger partial charge on any atom is -0.469 e. The molecule has 0 bridgehead atoms. The van der Waals surface area contributed by atoms with Crippen molar-refractivity contribution >= 4 is 11.9 Å². The van der Waals surface area contributed by atoms with Crippen LogP contribution in [0.25, 0.3) is 11.3 Å². The number of esters is 1. The van der Waals surface area contributed by atoms with Crippen LogP contribution < -0.4 is 10.6 Å². The van der Waals surface area contributed by atoms with Gasteiger partial charge >= 0.3 is 5.97 Å². The number of hydrogen-bond acceptors (Lipinski definition) is 6. The van der Waals surface area contributed by atoms with E-state index in [0.29, 0.717) is 25.6 Å². The molecule has 1 fully saturated rings. The summed E-state index contributed by atoms with van der Waals surface area (Å²) in [5.41, 5.74) is -0.0712. The Balaban J connectivity index is 1.74. The van der Waals surface area contributed by atoms with Crippen molar-refractivity contribution in [2.24, 2.45) is 5.92 Å². The van der Waals surface area contributed by atoms with Crippen LogP contribution in [0, 0.1) is 17.6 Å². The monoisotopic (exact) mass is 365 g/mol. The summed E-state index contributed by atoms with van der Waals surface area (Å²) in [4.78, 5) is 24.2. The lowest BCUT2D eigenvalue weighted by Gasteiger charge is -2.30. The van der Waals surface area contributed by atoms with Crippen LogP contribution in [0.5, 0.6) is 0 Å². The van der Waals surface area contributed by atoms with Gasteiger partial charge in [-0.3, -0.25) is 9.59 Å². The summed E-state index contributed by atoms with van der Waals surface area (Å²) in [5.74, 6) is -3.03. The maximum absolute atomic E-state index is 13.8. The first-order valence-electron chi connectivity index (χ1n) is 8.01. The zero-order chi connectivity index (χ0) is 18.7. The standard InChI is InChI=1S/C17H17F2N3O4/c1-25-17(24)11-8-20-5-4-13(11)21-16(23)14-7-15(26-22-14)10-3-2-9(18)6-12(10)19/h2-3,6-7,11,13,20H,4-5,8H2,1H3,(H,21,23)/t11-,13-/m0/s1. The molecule has 1 amide bonds. The molecule has 26 heavy (non-hydrogen) atoms. The van der Waals surface area contributed by atoms with E-state index in [-0.39, 0.29) is 17.0 Å². The number of benzene rings is 1. The maximum atomic E-state index is 13.8. The van der Waals surface area contributed by atoms with Crippen molar-refractivity contribution in [2.75, 3.05) is 20.2 Å². The van der Waals surface area contributed by atoms with Crippen LogP contribution in [0.4, 0.5) is 8.78 Å². The highest BCUT2D eigenvalue weighted by molar-refractivity contribution is 5.93. The van der Waals surface area contributed by atoms with Crippen molar-refractivity contribution in [3.63, 3.8) is 0 Å². The number of methoxy groups -OCH3 is 1. The maximum Gasteiger partial charge on any atom is 0.312 e. The summed E-state index contributed by atoms with van der Waals surface area (Å²) in [6, 6.07) is 3.84. The van der Waals surface area contributed by atoms with E-state index in [2.05, 4.69) is 15.8 Å². The molecule has 9 heteroatoms. The summed E-state index contributed by atoms with van der Waals surface area (Å²) >= 11 is 0. The zero-order valence-electron chi connectivity index (χ0n) is 13.9. The molecule has 0 unspecified atom stereocenters. The molecule has 1 aromatic carbocycles. The Bertz CT molecular complexity index is 824. The molecule has 0 radical (unpaired) electrons. The highest BCUT2D eigenvalue weighted by Crippen LogP contribution is 2.24. The van der Waals surface area contributed by atoms with Crippen LogP contribution in [-0.2, 0) is 9.53 Å². The number of ether oxygens (including phenoxy) is 1. The predicted molar refractivity (Wildman–Crippen MR) is 86.1 cm³/mol. The minimum atomic E-state index is -0.822. The number of nitrogens with zero attached hydrogens (tertiary/aromatic N) is 1. The van der Waals surface area contributed by atoms with E-state index in [9.17, 15) is 18.4 Å². The van der Waals surface area contributed by atoms with E-state index < -0.39 is 35.5 Å². The highest BCUT2D eigenvalue weighted by atomic mass is 19.1. The van der Waals surface area contributed by atoms with Gasteiger partial charge in [0, 0.05) is 24.7 Å². The number of carbonyl (C=O) groups is 2. The lowest BCUT2D eigenvalue weighted by atomic mass is 9.93. The first-order chi connectivity index (χ1) is 12.5. The third kappa shape index (κ3) is 3.72. The SMILES string of the molecule is COC(=O)[C@H]1CNCC[C@@H]1NC(=O)c1cc(-c2ccc(F)cc2F)on1. The van der Waals surface area contributed by atoms with Crippen LogP contribution in [-0.4, -0.2) is 43.3 Å². The van der Waals surface area contributed by atoms with Crippen LogP contribution >= 0.6 is 0 Å². The fourth-order valence-electron chi connectivity index (χ4n) is 2.87. The molecule has 1 aliphatic rings. The topological polar surface area (TPSA) is 93.5 Å². The molecule has 0 aliphatic carbocycles. The van der Waals surface area contributed by atoms with Gasteiger partial charge in [0.25, 0.3) is 5.91 Å². The molecule has 3 rings (SSSR count). The summed E-state index contributed by atoms with van der Waals surface area (Å²) in [6.07, 6.45) is 0.544. The summed E-state index contributed by atoms with van der Waals surface area (Å²) in [6.45, 7) is 1.03. The summed E-state index contributed by atoms with van der Waals surface area (Å²) in [5, 5.41) is 9.44. The van der Waals surface area contributed by atoms with Crippen LogP contribution in [0.1, 0.15) is 16.9 Å². The third-order valence-corrected chi connectivity index (χ3v) is 4.24. The fourth-order valence-corrected chi connectivity index (χ4v) is 2.87. The smallest absolute Gasteiger partial charge is 0.312 e. The van der Waals surface area contributed by atoms with E-state index in [0.717, 1.165) is 6.07 Å². The number of piperidine rings is 1. The Morgan fingerprint density at radius 3 is 2.88 bits per heavy atom. The van der Waals surface area contributed by atoms with Gasteiger partial charge in [-0.2, -0.15) is 0 Å². The van der Waals surface area contributed by atoms with Crippen molar-refractivity contribution in [1.82, 2.24) is 15.8 Å². The number of nitrogens with one attached hydrogen (secondary N) is 2. The molecular weight excluding hydrogens is 348 g/mol. The number of halogens is 2. The van der Waals surface area contributed by atoms with Crippen LogP contribution in [0.2, 0.25) is 0 Å². The number of carbonyl (C=O) groups excluding carboxylic acids is 2. The average Bonchev–Trinajstić information content (AvgIpc) is 3.11. The van der Waals surface area contributed by atoms with Crippen molar-refractivity contribution in [2.45, 2.75) is 12.5 Å². The van der Waals surface area contributed by atoms with Crippen molar-refractivity contribution < 1.29 is 27.6 Å². The third-order valence-electron chi connectivity index (χ3n) is 4.24. The van der Waals surface area contributed by atoms with E-state index in [1.807, 2.05) is 0 Å². The van der Waals surface area contributed by atoms with Gasteiger partial charge in [0.05, 0.1) is 18.6 Å². The Hall–Kier alpha value is -2.81. The highest BCUT2D eigenvalue weighted by Gasteiger charge is 2.33. The molecular formula is C17H17F2N3O4. The Labute approximate surface area is 147 Å². The molecule has 1 saturated heterocycles. The lowest BCUT2D eigenvalue weighted by Crippen LogP contribution is -2.52. The molecule has 138 valence electrons. The molecule has 1 aromatic heterocycles. The van der Waals surface area contributed by atoms with E-state index in [4.69, 9.17) is 9.26 Å². The van der Waals surface area contributed by atoms with E-state index >= 15 is 0 Å². The minimum absolute atomic E-state index is 0.00230. The second-order valence-corrected chi connectivity index (χ2v) is 5.90. The first-order valence-corrected chi connectivity index (χ1v) is 8.01. The summed E-state index contributed by atoms with van der Waals surface area (Å²) < 4.78 is 36.6. The second-order valence-electron chi connectivity index (χ2n) is 5.90. The van der Waals surface area contributed by atoms with Gasteiger partial charge in [-0.25, -0.2) is 8.78 Å². The predicted octanol–water partition coefficient (Wildman–Crippen LogP) is 1.50. The molecule has 7 nitrogen and oxygen atoms in total. The lowest BCUT2D eigenvalue weighted by molar-refractivity contribution is -0.146. The second kappa shape index (κ2) is 7.61. The number of rotatable bonds is 4. The van der Waals surface area contributed by atoms with Crippen LogP contribution in [0.15, 0.2) is 28.8 Å². The molecule has 0 saturated carbocycles. The molecule has 2 heterocycles. The Morgan fingerprint density at radius 1 is 1.35 bits per heavy atom. The van der Waals surface area contributed by atoms with Gasteiger partial charge in [-0.05, 0) is 25.1 Å². The average molecular weight is 365 g/mol. The van der Waals surface area contributed by atoms with Crippen molar-refractivity contribution in [1.29, 1.82) is 0 Å². The fraction of sp³-hybridized carbons (Fsp3) is 0.353. The van der Waals surface area contributed by atoms with Gasteiger partial charge in [-0.1, -0.05) is 5.16 Å². The Morgan fingerprint density at radius 2 is 2.15 bits per heavy atom. The molecule has 1 aliphatic heterocycles. The Kier molecular flexibility index (Phi) is 5.27. The molecule has 2 atom stereocenters. The van der Waals surface area contributed by atoms with Gasteiger partial charge in [0.15, 0.2) is 11.5 Å². The van der Waals surface area contributed by atoms with Crippen LogP contribution in [0.3, 0.4) is 0 Å². The van der Waals surface area contributed by atoms with Gasteiger partial charge in [0.1, 0.15) is 11.6 Å². The zero-order valence-corrected chi connectivity index (χ0v) is 13.9. The van der Waals surface area contributed by atoms with E-state index in [1.165, 1.54) is 19.2 Å². The molecule has 2 N–H and O–H groups in total.